The molecule has 1 N–H and O–H groups in total. The number of fused-ring (bicyclic) bond motifs is 2. The number of esters is 1. The van der Waals surface area contributed by atoms with Crippen LogP contribution in [0.25, 0.3) is 10.9 Å². The predicted molar refractivity (Wildman–Crippen MR) is 105 cm³/mol. The number of hydrogen-bond acceptors (Lipinski definition) is 2. The van der Waals surface area contributed by atoms with Crippen LogP contribution in [0.15, 0.2) is 48.7 Å². The molecule has 0 atom stereocenters. The van der Waals surface area contributed by atoms with Crippen LogP contribution in [0.1, 0.15) is 62.0 Å². The average Bonchev–Trinajstić information content (AvgIpc) is 3.08. The van der Waals surface area contributed by atoms with Crippen LogP contribution in [0.3, 0.4) is 0 Å². The highest BCUT2D eigenvalue weighted by molar-refractivity contribution is 5.96. The number of H-pyrrole nitrogens is 1. The van der Waals surface area contributed by atoms with Crippen LogP contribution >= 0.6 is 0 Å². The lowest BCUT2D eigenvalue weighted by atomic mass is 9.62. The topological polar surface area (TPSA) is 42.1 Å². The standard InChI is InChI=1S/C23H25NO2/c1-22(2)11-12-23(3,4)19-17(22)14-18-16(10-13-24-18)20(19)26-21(25)15-8-6-5-7-9-15/h5-10,13-14,24H,11-12H2,1-4H3. The van der Waals surface area contributed by atoms with Gasteiger partial charge in [-0.2, -0.15) is 0 Å². The zero-order valence-corrected chi connectivity index (χ0v) is 15.8. The number of ether oxygens (including phenoxy) is 1. The second-order valence-corrected chi connectivity index (χ2v) is 8.59. The van der Waals surface area contributed by atoms with E-state index in [4.69, 9.17) is 4.74 Å². The second-order valence-electron chi connectivity index (χ2n) is 8.59. The zero-order valence-electron chi connectivity index (χ0n) is 15.8. The number of nitrogens with one attached hydrogen (secondary N) is 1. The Kier molecular flexibility index (Phi) is 3.72. The largest absolute Gasteiger partial charge is 0.422 e. The Labute approximate surface area is 154 Å². The second kappa shape index (κ2) is 5.73. The lowest BCUT2D eigenvalue weighted by molar-refractivity contribution is 0.0732. The minimum absolute atomic E-state index is 0.0391. The molecule has 1 heterocycles. The van der Waals surface area contributed by atoms with Gasteiger partial charge in [-0.3, -0.25) is 0 Å². The summed E-state index contributed by atoms with van der Waals surface area (Å²) in [4.78, 5) is 16.1. The van der Waals surface area contributed by atoms with Gasteiger partial charge in [-0.05, 0) is 53.5 Å². The number of rotatable bonds is 2. The summed E-state index contributed by atoms with van der Waals surface area (Å²) in [6.45, 7) is 9.05. The Morgan fingerprint density at radius 2 is 1.69 bits per heavy atom. The molecule has 0 saturated carbocycles. The first-order chi connectivity index (χ1) is 12.3. The lowest BCUT2D eigenvalue weighted by Crippen LogP contribution is -2.34. The van der Waals surface area contributed by atoms with E-state index in [1.165, 1.54) is 11.1 Å². The molecule has 134 valence electrons. The van der Waals surface area contributed by atoms with Gasteiger partial charge >= 0.3 is 5.97 Å². The van der Waals surface area contributed by atoms with Crippen molar-refractivity contribution in [3.8, 4) is 5.75 Å². The predicted octanol–water partition coefficient (Wildman–Crippen LogP) is 5.74. The van der Waals surface area contributed by atoms with E-state index in [1.54, 1.807) is 12.1 Å². The summed E-state index contributed by atoms with van der Waals surface area (Å²) in [5.41, 5.74) is 4.05. The maximum Gasteiger partial charge on any atom is 0.343 e. The highest BCUT2D eigenvalue weighted by Gasteiger charge is 2.40. The molecular weight excluding hydrogens is 322 g/mol. The summed E-state index contributed by atoms with van der Waals surface area (Å²) in [5.74, 6) is 0.408. The third-order valence-corrected chi connectivity index (χ3v) is 5.79. The summed E-state index contributed by atoms with van der Waals surface area (Å²) in [5, 5.41) is 0.971. The molecule has 1 aliphatic rings. The highest BCUT2D eigenvalue weighted by Crippen LogP contribution is 2.51. The van der Waals surface area contributed by atoms with Crippen molar-refractivity contribution in [2.75, 3.05) is 0 Å². The van der Waals surface area contributed by atoms with Gasteiger partial charge in [0.1, 0.15) is 5.75 Å². The Balaban J connectivity index is 1.93. The molecular formula is C23H25NO2. The number of carbonyl (C=O) groups excluding carboxylic acids is 1. The number of carbonyl (C=O) groups is 1. The van der Waals surface area contributed by atoms with Gasteiger partial charge in [0.05, 0.1) is 5.56 Å². The van der Waals surface area contributed by atoms with E-state index in [0.717, 1.165) is 23.7 Å². The third-order valence-electron chi connectivity index (χ3n) is 5.79. The minimum atomic E-state index is -0.305. The molecule has 0 radical (unpaired) electrons. The van der Waals surface area contributed by atoms with Gasteiger partial charge in [-0.1, -0.05) is 45.9 Å². The van der Waals surface area contributed by atoms with Crippen molar-refractivity contribution in [2.24, 2.45) is 0 Å². The van der Waals surface area contributed by atoms with Crippen LogP contribution in [0.2, 0.25) is 0 Å². The first-order valence-electron chi connectivity index (χ1n) is 9.22. The third kappa shape index (κ3) is 2.63. The lowest BCUT2D eigenvalue weighted by Gasteiger charge is -2.42. The quantitative estimate of drug-likeness (QED) is 0.475. The zero-order chi connectivity index (χ0) is 18.5. The summed E-state index contributed by atoms with van der Waals surface area (Å²) < 4.78 is 6.04. The number of aromatic amines is 1. The maximum absolute atomic E-state index is 12.8. The maximum atomic E-state index is 12.8. The van der Waals surface area contributed by atoms with Crippen LogP contribution in [-0.4, -0.2) is 11.0 Å². The molecule has 26 heavy (non-hydrogen) atoms. The van der Waals surface area contributed by atoms with Crippen molar-refractivity contribution >= 4 is 16.9 Å². The van der Waals surface area contributed by atoms with Crippen molar-refractivity contribution < 1.29 is 9.53 Å². The molecule has 2 aromatic carbocycles. The number of benzene rings is 2. The highest BCUT2D eigenvalue weighted by atomic mass is 16.5. The molecule has 3 nitrogen and oxygen atoms in total. The van der Waals surface area contributed by atoms with Gasteiger partial charge in [0, 0.05) is 22.7 Å². The first kappa shape index (κ1) is 16.9. The molecule has 0 saturated heterocycles. The van der Waals surface area contributed by atoms with Gasteiger partial charge in [0.2, 0.25) is 0 Å². The van der Waals surface area contributed by atoms with E-state index in [2.05, 4.69) is 38.7 Å². The van der Waals surface area contributed by atoms with Crippen LogP contribution < -0.4 is 4.74 Å². The monoisotopic (exact) mass is 347 g/mol. The minimum Gasteiger partial charge on any atom is -0.422 e. The number of aromatic nitrogens is 1. The van der Waals surface area contributed by atoms with Crippen molar-refractivity contribution in [1.82, 2.24) is 4.98 Å². The van der Waals surface area contributed by atoms with Gasteiger partial charge in [-0.25, -0.2) is 4.79 Å². The van der Waals surface area contributed by atoms with Crippen LogP contribution in [-0.2, 0) is 10.8 Å². The fourth-order valence-electron chi connectivity index (χ4n) is 4.10. The SMILES string of the molecule is CC1(C)CCC(C)(C)c2c1cc1[nH]ccc1c2OC(=O)c1ccccc1. The summed E-state index contributed by atoms with van der Waals surface area (Å²) >= 11 is 0. The van der Waals surface area contributed by atoms with Crippen LogP contribution in [0.4, 0.5) is 0 Å². The normalized spacial score (nSPS) is 17.7. The summed E-state index contributed by atoms with van der Waals surface area (Å²) in [6, 6.07) is 13.4. The van der Waals surface area contributed by atoms with Gasteiger partial charge in [-0.15, -0.1) is 0 Å². The molecule has 0 bridgehead atoms. The van der Waals surface area contributed by atoms with E-state index in [1.807, 2.05) is 30.5 Å². The van der Waals surface area contributed by atoms with Crippen LogP contribution in [0.5, 0.6) is 5.75 Å². The smallest absolute Gasteiger partial charge is 0.343 e. The summed E-state index contributed by atoms with van der Waals surface area (Å²) in [7, 11) is 0. The molecule has 3 heteroatoms. The summed E-state index contributed by atoms with van der Waals surface area (Å²) in [6.07, 6.45) is 4.10. The van der Waals surface area contributed by atoms with Crippen molar-refractivity contribution in [1.29, 1.82) is 0 Å². The Morgan fingerprint density at radius 1 is 1.00 bits per heavy atom. The van der Waals surface area contributed by atoms with E-state index < -0.39 is 0 Å². The van der Waals surface area contributed by atoms with Gasteiger partial charge in [0.15, 0.2) is 0 Å². The molecule has 0 spiro atoms. The van der Waals surface area contributed by atoms with Crippen molar-refractivity contribution in [3.05, 3.63) is 65.4 Å². The van der Waals surface area contributed by atoms with Gasteiger partial charge < -0.3 is 9.72 Å². The average molecular weight is 347 g/mol. The van der Waals surface area contributed by atoms with Gasteiger partial charge in [0.25, 0.3) is 0 Å². The Morgan fingerprint density at radius 3 is 2.42 bits per heavy atom. The fraction of sp³-hybridized carbons (Fsp3) is 0.348. The first-order valence-corrected chi connectivity index (χ1v) is 9.22. The van der Waals surface area contributed by atoms with Crippen molar-refractivity contribution in [3.63, 3.8) is 0 Å². The molecule has 0 amide bonds. The molecule has 1 aromatic heterocycles. The molecule has 0 unspecified atom stereocenters. The van der Waals surface area contributed by atoms with E-state index in [9.17, 15) is 4.79 Å². The Hall–Kier alpha value is -2.55. The van der Waals surface area contributed by atoms with E-state index in [0.29, 0.717) is 11.3 Å². The molecule has 0 aliphatic heterocycles. The molecule has 0 fully saturated rings. The van der Waals surface area contributed by atoms with Crippen molar-refractivity contribution in [2.45, 2.75) is 51.4 Å². The van der Waals surface area contributed by atoms with E-state index in [-0.39, 0.29) is 16.8 Å². The molecule has 1 aliphatic carbocycles. The van der Waals surface area contributed by atoms with E-state index >= 15 is 0 Å². The van der Waals surface area contributed by atoms with Crippen LogP contribution in [0, 0.1) is 0 Å². The fourth-order valence-corrected chi connectivity index (χ4v) is 4.10. The molecule has 3 aromatic rings. The Bertz CT molecular complexity index is 980. The number of hydrogen-bond donors (Lipinski definition) is 1. The molecule has 4 rings (SSSR count).